The van der Waals surface area contributed by atoms with Crippen LogP contribution < -0.4 is 5.32 Å². The number of carboxylic acid groups (broad SMARTS) is 1. The molecule has 2 rings (SSSR count). The lowest BCUT2D eigenvalue weighted by atomic mass is 9.83. The minimum absolute atomic E-state index is 0.00636. The number of nitrogens with one attached hydrogen (secondary N) is 1. The highest BCUT2D eigenvalue weighted by molar-refractivity contribution is 5.74. The SMILES string of the molecule is CCCC1CCC(NC(=O)N2CCOC(CN(C)CC(=O)O)C2)CC1. The molecule has 0 radical (unpaired) electrons. The molecule has 1 saturated carbocycles. The summed E-state index contributed by atoms with van der Waals surface area (Å²) < 4.78 is 5.69. The van der Waals surface area contributed by atoms with Crippen LogP contribution in [0.25, 0.3) is 0 Å². The van der Waals surface area contributed by atoms with Gasteiger partial charge in [-0.2, -0.15) is 0 Å². The highest BCUT2D eigenvalue weighted by Gasteiger charge is 2.28. The summed E-state index contributed by atoms with van der Waals surface area (Å²) in [6.45, 7) is 4.33. The van der Waals surface area contributed by atoms with Gasteiger partial charge in [-0.15, -0.1) is 0 Å². The van der Waals surface area contributed by atoms with E-state index in [-0.39, 0.29) is 24.7 Å². The molecule has 0 aromatic carbocycles. The van der Waals surface area contributed by atoms with Crippen LogP contribution in [0.4, 0.5) is 4.79 Å². The van der Waals surface area contributed by atoms with Gasteiger partial charge >= 0.3 is 12.0 Å². The number of hydrogen-bond acceptors (Lipinski definition) is 4. The van der Waals surface area contributed by atoms with E-state index in [0.717, 1.165) is 18.8 Å². The summed E-state index contributed by atoms with van der Waals surface area (Å²) in [5, 5.41) is 12.0. The summed E-state index contributed by atoms with van der Waals surface area (Å²) in [6, 6.07) is 0.282. The van der Waals surface area contributed by atoms with Gasteiger partial charge < -0.3 is 20.1 Å². The van der Waals surface area contributed by atoms with Crippen molar-refractivity contribution in [1.82, 2.24) is 15.1 Å². The number of carbonyl (C=O) groups is 2. The first-order chi connectivity index (χ1) is 12.0. The Balaban J connectivity index is 1.73. The zero-order valence-corrected chi connectivity index (χ0v) is 15.6. The number of likely N-dealkylation sites (N-methyl/N-ethyl adjacent to an activating group) is 1. The van der Waals surface area contributed by atoms with Gasteiger partial charge in [-0.05, 0) is 38.6 Å². The molecule has 2 fully saturated rings. The molecule has 144 valence electrons. The van der Waals surface area contributed by atoms with Crippen LogP contribution >= 0.6 is 0 Å². The van der Waals surface area contributed by atoms with E-state index >= 15 is 0 Å². The fourth-order valence-electron chi connectivity index (χ4n) is 3.93. The fraction of sp³-hybridized carbons (Fsp3) is 0.889. The van der Waals surface area contributed by atoms with Crippen molar-refractivity contribution in [2.75, 3.05) is 39.8 Å². The predicted molar refractivity (Wildman–Crippen MR) is 95.6 cm³/mol. The first kappa shape index (κ1) is 20.0. The third-order valence-electron chi connectivity index (χ3n) is 5.22. The number of urea groups is 1. The number of carboxylic acids is 1. The molecule has 1 heterocycles. The van der Waals surface area contributed by atoms with Crippen LogP contribution in [0.2, 0.25) is 0 Å². The van der Waals surface area contributed by atoms with Crippen LogP contribution in [0, 0.1) is 5.92 Å². The number of rotatable bonds is 7. The average molecular weight is 355 g/mol. The third kappa shape index (κ3) is 6.82. The maximum Gasteiger partial charge on any atom is 0.317 e. The number of amides is 2. The Bertz CT molecular complexity index is 438. The number of morpholine rings is 1. The molecule has 1 aliphatic heterocycles. The Morgan fingerprint density at radius 3 is 2.64 bits per heavy atom. The molecule has 7 heteroatoms. The molecule has 1 unspecified atom stereocenters. The Morgan fingerprint density at radius 2 is 2.00 bits per heavy atom. The van der Waals surface area contributed by atoms with Crippen LogP contribution in [0.15, 0.2) is 0 Å². The Hall–Kier alpha value is -1.34. The molecule has 0 spiro atoms. The standard InChI is InChI=1S/C18H33N3O4/c1-3-4-14-5-7-15(8-6-14)19-18(24)21-9-10-25-16(12-21)11-20(2)13-17(22)23/h14-16H,3-13H2,1-2H3,(H,19,24)(H,22,23). The number of carbonyl (C=O) groups excluding carboxylic acids is 1. The van der Waals surface area contributed by atoms with Gasteiger partial charge in [0.15, 0.2) is 0 Å². The summed E-state index contributed by atoms with van der Waals surface area (Å²) in [7, 11) is 1.76. The minimum Gasteiger partial charge on any atom is -0.480 e. The first-order valence-electron chi connectivity index (χ1n) is 9.55. The molecule has 2 N–H and O–H groups in total. The van der Waals surface area contributed by atoms with Gasteiger partial charge in [0.05, 0.1) is 19.3 Å². The zero-order valence-electron chi connectivity index (χ0n) is 15.6. The van der Waals surface area contributed by atoms with Gasteiger partial charge in [0, 0.05) is 25.7 Å². The van der Waals surface area contributed by atoms with Crippen LogP contribution in [-0.4, -0.2) is 78.9 Å². The fourth-order valence-corrected chi connectivity index (χ4v) is 3.93. The summed E-state index contributed by atoms with van der Waals surface area (Å²) >= 11 is 0. The van der Waals surface area contributed by atoms with Crippen LogP contribution in [0.1, 0.15) is 45.4 Å². The summed E-state index contributed by atoms with van der Waals surface area (Å²) in [4.78, 5) is 26.8. The van der Waals surface area contributed by atoms with Crippen molar-refractivity contribution in [3.8, 4) is 0 Å². The molecule has 0 aromatic rings. The summed E-state index contributed by atoms with van der Waals surface area (Å²) in [5.74, 6) is -0.0257. The quantitative estimate of drug-likeness (QED) is 0.727. The predicted octanol–water partition coefficient (Wildman–Crippen LogP) is 1.77. The van der Waals surface area contributed by atoms with Crippen molar-refractivity contribution in [3.05, 3.63) is 0 Å². The van der Waals surface area contributed by atoms with Crippen LogP contribution in [0.5, 0.6) is 0 Å². The molecule has 0 bridgehead atoms. The molecular weight excluding hydrogens is 322 g/mol. The number of aliphatic carboxylic acids is 1. The van der Waals surface area contributed by atoms with Crippen molar-refractivity contribution in [3.63, 3.8) is 0 Å². The molecule has 0 aromatic heterocycles. The van der Waals surface area contributed by atoms with Crippen LogP contribution in [0.3, 0.4) is 0 Å². The topological polar surface area (TPSA) is 82.1 Å². The second kappa shape index (κ2) is 9.97. The summed E-state index contributed by atoms with van der Waals surface area (Å²) in [5.41, 5.74) is 0. The van der Waals surface area contributed by atoms with Crippen molar-refractivity contribution >= 4 is 12.0 Å². The molecule has 2 amide bonds. The lowest BCUT2D eigenvalue weighted by Crippen LogP contribution is -2.54. The zero-order chi connectivity index (χ0) is 18.2. The normalized spacial score (nSPS) is 27.3. The maximum atomic E-state index is 12.5. The van der Waals surface area contributed by atoms with Gasteiger partial charge in [0.2, 0.25) is 0 Å². The highest BCUT2D eigenvalue weighted by Crippen LogP contribution is 2.27. The largest absolute Gasteiger partial charge is 0.480 e. The van der Waals surface area contributed by atoms with Crippen molar-refractivity contribution in [2.45, 2.75) is 57.6 Å². The average Bonchev–Trinajstić information content (AvgIpc) is 2.56. The Kier molecular flexibility index (Phi) is 7.96. The summed E-state index contributed by atoms with van der Waals surface area (Å²) in [6.07, 6.45) is 6.98. The van der Waals surface area contributed by atoms with E-state index in [1.165, 1.54) is 25.7 Å². The minimum atomic E-state index is -0.855. The molecular formula is C18H33N3O4. The highest BCUT2D eigenvalue weighted by atomic mass is 16.5. The molecule has 2 aliphatic rings. The van der Waals surface area contributed by atoms with Gasteiger partial charge in [-0.25, -0.2) is 4.79 Å². The van der Waals surface area contributed by atoms with Gasteiger partial charge in [0.25, 0.3) is 0 Å². The monoisotopic (exact) mass is 355 g/mol. The van der Waals surface area contributed by atoms with Crippen LogP contribution in [-0.2, 0) is 9.53 Å². The molecule has 25 heavy (non-hydrogen) atoms. The molecule has 7 nitrogen and oxygen atoms in total. The lowest BCUT2D eigenvalue weighted by Gasteiger charge is -2.36. The van der Waals surface area contributed by atoms with Crippen molar-refractivity contribution < 1.29 is 19.4 Å². The van der Waals surface area contributed by atoms with E-state index in [1.807, 2.05) is 0 Å². The van der Waals surface area contributed by atoms with Crippen molar-refractivity contribution in [2.24, 2.45) is 5.92 Å². The van der Waals surface area contributed by atoms with E-state index in [1.54, 1.807) is 16.8 Å². The van der Waals surface area contributed by atoms with Gasteiger partial charge in [-0.1, -0.05) is 19.8 Å². The van der Waals surface area contributed by atoms with E-state index in [0.29, 0.717) is 26.2 Å². The lowest BCUT2D eigenvalue weighted by molar-refractivity contribution is -0.138. The van der Waals surface area contributed by atoms with E-state index in [2.05, 4.69) is 12.2 Å². The van der Waals surface area contributed by atoms with E-state index < -0.39 is 5.97 Å². The second-order valence-corrected chi connectivity index (χ2v) is 7.49. The maximum absolute atomic E-state index is 12.5. The number of nitrogens with zero attached hydrogens (tertiary/aromatic N) is 2. The smallest absolute Gasteiger partial charge is 0.317 e. The Morgan fingerprint density at radius 1 is 1.28 bits per heavy atom. The van der Waals surface area contributed by atoms with Gasteiger partial charge in [0.1, 0.15) is 0 Å². The first-order valence-corrected chi connectivity index (χ1v) is 9.55. The third-order valence-corrected chi connectivity index (χ3v) is 5.22. The molecule has 1 saturated heterocycles. The van der Waals surface area contributed by atoms with E-state index in [4.69, 9.17) is 9.84 Å². The van der Waals surface area contributed by atoms with E-state index in [9.17, 15) is 9.59 Å². The Labute approximate surface area is 150 Å². The number of ether oxygens (including phenoxy) is 1. The number of hydrogen-bond donors (Lipinski definition) is 2. The van der Waals surface area contributed by atoms with Gasteiger partial charge in [-0.3, -0.25) is 9.69 Å². The molecule has 1 aliphatic carbocycles. The second-order valence-electron chi connectivity index (χ2n) is 7.49. The van der Waals surface area contributed by atoms with Crippen molar-refractivity contribution in [1.29, 1.82) is 0 Å². The molecule has 1 atom stereocenters.